The van der Waals surface area contributed by atoms with E-state index in [1.165, 1.54) is 0 Å². The molecule has 116 valence electrons. The van der Waals surface area contributed by atoms with Gasteiger partial charge in [0.15, 0.2) is 11.5 Å². The van der Waals surface area contributed by atoms with Gasteiger partial charge in [-0.05, 0) is 31.5 Å². The van der Waals surface area contributed by atoms with E-state index < -0.39 is 0 Å². The average Bonchev–Trinajstić information content (AvgIpc) is 3.10. The number of para-hydroxylation sites is 1. The second kappa shape index (κ2) is 4.77. The van der Waals surface area contributed by atoms with Gasteiger partial charge < -0.3 is 4.74 Å². The van der Waals surface area contributed by atoms with Crippen molar-refractivity contribution in [3.63, 3.8) is 0 Å². The zero-order valence-electron chi connectivity index (χ0n) is 13.4. The molecule has 0 amide bonds. The number of aryl methyl sites for hydroxylation is 3. The molecule has 0 radical (unpaired) electrons. The van der Waals surface area contributed by atoms with Gasteiger partial charge in [0, 0.05) is 7.05 Å². The van der Waals surface area contributed by atoms with Crippen LogP contribution in [0.5, 0.6) is 5.75 Å². The van der Waals surface area contributed by atoms with Crippen molar-refractivity contribution < 1.29 is 4.74 Å². The molecule has 23 heavy (non-hydrogen) atoms. The number of methoxy groups -OCH3 is 1. The first kappa shape index (κ1) is 13.7. The summed E-state index contributed by atoms with van der Waals surface area (Å²) >= 11 is 0. The molecule has 7 nitrogen and oxygen atoms in total. The second-order valence-corrected chi connectivity index (χ2v) is 5.51. The van der Waals surface area contributed by atoms with Crippen LogP contribution in [-0.4, -0.2) is 36.5 Å². The number of aromatic nitrogens is 6. The van der Waals surface area contributed by atoms with Crippen LogP contribution in [0.2, 0.25) is 0 Å². The SMILES string of the molecule is COc1cccc2nc(C)c3nnc(-c4c(C)cnn4C)n3c12. The van der Waals surface area contributed by atoms with E-state index in [0.29, 0.717) is 0 Å². The van der Waals surface area contributed by atoms with Crippen LogP contribution < -0.4 is 4.74 Å². The zero-order valence-corrected chi connectivity index (χ0v) is 13.4. The predicted octanol–water partition coefficient (Wildman–Crippen LogP) is 2.30. The number of benzene rings is 1. The van der Waals surface area contributed by atoms with Crippen LogP contribution in [0.25, 0.3) is 28.2 Å². The van der Waals surface area contributed by atoms with E-state index in [1.807, 2.05) is 54.4 Å². The number of rotatable bonds is 2. The Bertz CT molecular complexity index is 1030. The molecule has 0 saturated carbocycles. The standard InChI is InChI=1S/C16H16N6O/c1-9-8-17-21(3)13(9)16-20-19-15-10(2)18-11-6-5-7-12(23-4)14(11)22(15)16/h5-8H,1-4H3. The molecule has 7 heteroatoms. The molecule has 0 saturated heterocycles. The van der Waals surface area contributed by atoms with Gasteiger partial charge in [0.05, 0.1) is 24.5 Å². The van der Waals surface area contributed by atoms with Gasteiger partial charge in [-0.15, -0.1) is 10.2 Å². The Morgan fingerprint density at radius 1 is 1.13 bits per heavy atom. The summed E-state index contributed by atoms with van der Waals surface area (Å²) < 4.78 is 9.35. The van der Waals surface area contributed by atoms with Crippen LogP contribution in [0.1, 0.15) is 11.3 Å². The highest BCUT2D eigenvalue weighted by atomic mass is 16.5. The summed E-state index contributed by atoms with van der Waals surface area (Å²) in [5, 5.41) is 13.1. The maximum atomic E-state index is 5.54. The van der Waals surface area contributed by atoms with E-state index in [-0.39, 0.29) is 0 Å². The zero-order chi connectivity index (χ0) is 16.1. The first-order valence-electron chi connectivity index (χ1n) is 7.29. The number of hydrogen-bond donors (Lipinski definition) is 0. The van der Waals surface area contributed by atoms with Gasteiger partial charge >= 0.3 is 0 Å². The highest BCUT2D eigenvalue weighted by molar-refractivity contribution is 5.86. The largest absolute Gasteiger partial charge is 0.494 e. The quantitative estimate of drug-likeness (QED) is 0.568. The molecule has 4 rings (SSSR count). The van der Waals surface area contributed by atoms with Crippen LogP contribution in [-0.2, 0) is 7.05 Å². The van der Waals surface area contributed by atoms with Crippen molar-refractivity contribution in [1.29, 1.82) is 0 Å². The fourth-order valence-electron chi connectivity index (χ4n) is 2.97. The predicted molar refractivity (Wildman–Crippen MR) is 86.5 cm³/mol. The maximum absolute atomic E-state index is 5.54. The molecule has 4 aromatic rings. The summed E-state index contributed by atoms with van der Waals surface area (Å²) in [6.07, 6.45) is 1.82. The third-order valence-electron chi connectivity index (χ3n) is 4.03. The van der Waals surface area contributed by atoms with Crippen LogP contribution in [0.15, 0.2) is 24.4 Å². The summed E-state index contributed by atoms with van der Waals surface area (Å²) in [5.74, 6) is 1.47. The lowest BCUT2D eigenvalue weighted by molar-refractivity contribution is 0.418. The molecule has 0 atom stereocenters. The molecule has 0 fully saturated rings. The molecule has 0 N–H and O–H groups in total. The minimum atomic E-state index is 0.720. The molecule has 0 unspecified atom stereocenters. The van der Waals surface area contributed by atoms with Crippen LogP contribution in [0.4, 0.5) is 0 Å². The van der Waals surface area contributed by atoms with Crippen molar-refractivity contribution >= 4 is 16.7 Å². The summed E-state index contributed by atoms with van der Waals surface area (Å²) in [5.41, 5.74) is 5.21. The Balaban J connectivity index is 2.24. The monoisotopic (exact) mass is 308 g/mol. The third kappa shape index (κ3) is 1.82. The van der Waals surface area contributed by atoms with Crippen molar-refractivity contribution in [2.24, 2.45) is 7.05 Å². The first-order valence-corrected chi connectivity index (χ1v) is 7.29. The summed E-state index contributed by atoms with van der Waals surface area (Å²) in [4.78, 5) is 4.63. The first-order chi connectivity index (χ1) is 11.1. The fourth-order valence-corrected chi connectivity index (χ4v) is 2.97. The van der Waals surface area contributed by atoms with Gasteiger partial charge in [-0.2, -0.15) is 5.10 Å². The maximum Gasteiger partial charge on any atom is 0.187 e. The lowest BCUT2D eigenvalue weighted by Crippen LogP contribution is -2.02. The molecule has 1 aromatic carbocycles. The van der Waals surface area contributed by atoms with E-state index >= 15 is 0 Å². The summed E-state index contributed by atoms with van der Waals surface area (Å²) in [6, 6.07) is 5.81. The molecular weight excluding hydrogens is 292 g/mol. The molecular formula is C16H16N6O. The Morgan fingerprint density at radius 3 is 2.65 bits per heavy atom. The van der Waals surface area contributed by atoms with Crippen LogP contribution in [0, 0.1) is 13.8 Å². The Hall–Kier alpha value is -2.96. The number of hydrogen-bond acceptors (Lipinski definition) is 5. The normalized spacial score (nSPS) is 11.5. The Labute approximate surface area is 132 Å². The number of ether oxygens (including phenoxy) is 1. The lowest BCUT2D eigenvalue weighted by atomic mass is 10.2. The number of nitrogens with zero attached hydrogens (tertiary/aromatic N) is 6. The van der Waals surface area contributed by atoms with Gasteiger partial charge in [0.25, 0.3) is 0 Å². The smallest absolute Gasteiger partial charge is 0.187 e. The molecule has 0 aliphatic carbocycles. The van der Waals surface area contributed by atoms with E-state index in [0.717, 1.165) is 45.2 Å². The van der Waals surface area contributed by atoms with Crippen molar-refractivity contribution in [2.45, 2.75) is 13.8 Å². The van der Waals surface area contributed by atoms with Gasteiger partial charge in [-0.25, -0.2) is 4.98 Å². The Kier molecular flexibility index (Phi) is 2.84. The van der Waals surface area contributed by atoms with Gasteiger partial charge in [-0.1, -0.05) is 6.07 Å². The van der Waals surface area contributed by atoms with Gasteiger partial charge in [0.1, 0.15) is 17.0 Å². The van der Waals surface area contributed by atoms with Crippen molar-refractivity contribution in [3.05, 3.63) is 35.7 Å². The molecule has 3 aromatic heterocycles. The highest BCUT2D eigenvalue weighted by Crippen LogP contribution is 2.30. The van der Waals surface area contributed by atoms with E-state index in [4.69, 9.17) is 4.74 Å². The van der Waals surface area contributed by atoms with Gasteiger partial charge in [0.2, 0.25) is 0 Å². The van der Waals surface area contributed by atoms with E-state index in [9.17, 15) is 0 Å². The fraction of sp³-hybridized carbons (Fsp3) is 0.250. The molecule has 3 heterocycles. The summed E-state index contributed by atoms with van der Waals surface area (Å²) in [7, 11) is 3.55. The number of fused-ring (bicyclic) bond motifs is 3. The van der Waals surface area contributed by atoms with Crippen molar-refractivity contribution in [2.75, 3.05) is 7.11 Å². The van der Waals surface area contributed by atoms with Crippen molar-refractivity contribution in [1.82, 2.24) is 29.4 Å². The van der Waals surface area contributed by atoms with Gasteiger partial charge in [-0.3, -0.25) is 9.08 Å². The lowest BCUT2D eigenvalue weighted by Gasteiger charge is -2.10. The van der Waals surface area contributed by atoms with E-state index in [2.05, 4.69) is 20.3 Å². The topological polar surface area (TPSA) is 70.1 Å². The second-order valence-electron chi connectivity index (χ2n) is 5.51. The molecule has 0 bridgehead atoms. The minimum absolute atomic E-state index is 0.720. The van der Waals surface area contributed by atoms with Crippen LogP contribution in [0.3, 0.4) is 0 Å². The molecule has 0 spiro atoms. The molecule has 0 aliphatic heterocycles. The van der Waals surface area contributed by atoms with Crippen molar-refractivity contribution in [3.8, 4) is 17.3 Å². The minimum Gasteiger partial charge on any atom is -0.494 e. The average molecular weight is 308 g/mol. The van der Waals surface area contributed by atoms with E-state index in [1.54, 1.807) is 7.11 Å². The Morgan fingerprint density at radius 2 is 1.96 bits per heavy atom. The molecule has 0 aliphatic rings. The van der Waals surface area contributed by atoms with Crippen LogP contribution >= 0.6 is 0 Å². The highest BCUT2D eigenvalue weighted by Gasteiger charge is 2.20. The summed E-state index contributed by atoms with van der Waals surface area (Å²) in [6.45, 7) is 3.94. The third-order valence-corrected chi connectivity index (χ3v) is 4.03.